The summed E-state index contributed by atoms with van der Waals surface area (Å²) in [6.07, 6.45) is 0.962. The first-order chi connectivity index (χ1) is 9.60. The minimum atomic E-state index is 0.141. The van der Waals surface area contributed by atoms with Crippen molar-refractivity contribution in [2.75, 3.05) is 39.9 Å². The maximum atomic E-state index is 6.04. The van der Waals surface area contributed by atoms with E-state index < -0.39 is 0 Å². The van der Waals surface area contributed by atoms with Crippen molar-refractivity contribution in [2.24, 2.45) is 5.73 Å². The van der Waals surface area contributed by atoms with E-state index in [1.807, 2.05) is 0 Å². The number of rotatable bonds is 5. The van der Waals surface area contributed by atoms with E-state index >= 15 is 0 Å². The minimum absolute atomic E-state index is 0.141. The van der Waals surface area contributed by atoms with E-state index in [1.54, 1.807) is 0 Å². The van der Waals surface area contributed by atoms with Crippen molar-refractivity contribution in [3.63, 3.8) is 0 Å². The molecule has 2 rings (SSSR count). The van der Waals surface area contributed by atoms with Gasteiger partial charge in [0.25, 0.3) is 0 Å². The van der Waals surface area contributed by atoms with E-state index in [9.17, 15) is 0 Å². The molecule has 2 N–H and O–H groups in total. The molecule has 1 saturated heterocycles. The molecule has 1 heterocycles. The van der Waals surface area contributed by atoms with E-state index in [4.69, 9.17) is 15.2 Å². The summed E-state index contributed by atoms with van der Waals surface area (Å²) in [6, 6.07) is 4.16. The van der Waals surface area contributed by atoms with Gasteiger partial charge < -0.3 is 20.1 Å². The Kier molecular flexibility index (Phi) is 5.84. The lowest BCUT2D eigenvalue weighted by Crippen LogP contribution is -2.42. The molecule has 5 heteroatoms. The summed E-state index contributed by atoms with van der Waals surface area (Å²) in [5.41, 5.74) is 7.97. The van der Waals surface area contributed by atoms with Crippen molar-refractivity contribution >= 4 is 15.9 Å². The molecular formula is C15H23BrN2O2. The van der Waals surface area contributed by atoms with Crippen LogP contribution >= 0.6 is 15.9 Å². The van der Waals surface area contributed by atoms with E-state index in [1.165, 1.54) is 0 Å². The summed E-state index contributed by atoms with van der Waals surface area (Å²) in [4.78, 5) is 2.27. The van der Waals surface area contributed by atoms with Gasteiger partial charge >= 0.3 is 0 Å². The van der Waals surface area contributed by atoms with Crippen molar-refractivity contribution < 1.29 is 9.47 Å². The Bertz CT molecular complexity index is 454. The largest absolute Gasteiger partial charge is 0.490 e. The SMILES string of the molecule is Cc1cc(Br)cc(CCN)c1OCC1CN(C)CCO1. The zero-order valence-electron chi connectivity index (χ0n) is 12.2. The number of hydrogen-bond acceptors (Lipinski definition) is 4. The number of aryl methyl sites for hydroxylation is 1. The maximum Gasteiger partial charge on any atom is 0.125 e. The van der Waals surface area contributed by atoms with Gasteiger partial charge in [0, 0.05) is 17.6 Å². The fraction of sp³-hybridized carbons (Fsp3) is 0.600. The van der Waals surface area contributed by atoms with Crippen LogP contribution in [0.2, 0.25) is 0 Å². The number of benzene rings is 1. The number of halogens is 1. The zero-order valence-corrected chi connectivity index (χ0v) is 13.8. The Hall–Kier alpha value is -0.620. The molecular weight excluding hydrogens is 320 g/mol. The number of ether oxygens (including phenoxy) is 2. The third kappa shape index (κ3) is 4.19. The highest BCUT2D eigenvalue weighted by Gasteiger charge is 2.19. The molecule has 1 atom stereocenters. The highest BCUT2D eigenvalue weighted by atomic mass is 79.9. The first-order valence-corrected chi connectivity index (χ1v) is 7.81. The van der Waals surface area contributed by atoms with E-state index in [0.717, 1.165) is 47.5 Å². The highest BCUT2D eigenvalue weighted by molar-refractivity contribution is 9.10. The molecule has 0 bridgehead atoms. The molecule has 1 aromatic carbocycles. The molecule has 20 heavy (non-hydrogen) atoms. The maximum absolute atomic E-state index is 6.04. The molecule has 1 aliphatic rings. The summed E-state index contributed by atoms with van der Waals surface area (Å²) in [5, 5.41) is 0. The normalized spacial score (nSPS) is 20.1. The Morgan fingerprint density at radius 2 is 2.30 bits per heavy atom. The van der Waals surface area contributed by atoms with Gasteiger partial charge in [-0.3, -0.25) is 0 Å². The number of nitrogens with zero attached hydrogens (tertiary/aromatic N) is 1. The average Bonchev–Trinajstić information content (AvgIpc) is 2.38. The van der Waals surface area contributed by atoms with Crippen molar-refractivity contribution in [2.45, 2.75) is 19.4 Å². The Labute approximate surface area is 129 Å². The smallest absolute Gasteiger partial charge is 0.125 e. The summed E-state index contributed by atoms with van der Waals surface area (Å²) >= 11 is 3.52. The minimum Gasteiger partial charge on any atom is -0.490 e. The lowest BCUT2D eigenvalue weighted by Gasteiger charge is -2.30. The Morgan fingerprint density at radius 3 is 3.00 bits per heavy atom. The van der Waals surface area contributed by atoms with Gasteiger partial charge in [0.2, 0.25) is 0 Å². The summed E-state index contributed by atoms with van der Waals surface area (Å²) in [6.45, 7) is 5.96. The molecule has 0 aromatic heterocycles. The van der Waals surface area contributed by atoms with Gasteiger partial charge in [-0.15, -0.1) is 0 Å². The molecule has 0 amide bonds. The van der Waals surface area contributed by atoms with Crippen LogP contribution in [0.5, 0.6) is 5.75 Å². The summed E-state index contributed by atoms with van der Waals surface area (Å²) < 4.78 is 12.8. The monoisotopic (exact) mass is 342 g/mol. The standard InChI is InChI=1S/C15H23BrN2O2/c1-11-7-13(16)8-12(3-4-17)15(11)20-10-14-9-18(2)5-6-19-14/h7-8,14H,3-6,9-10,17H2,1-2H3. The molecule has 1 unspecified atom stereocenters. The third-order valence-electron chi connectivity index (χ3n) is 3.49. The van der Waals surface area contributed by atoms with Gasteiger partial charge in [0.1, 0.15) is 18.5 Å². The highest BCUT2D eigenvalue weighted by Crippen LogP contribution is 2.28. The van der Waals surface area contributed by atoms with Crippen LogP contribution < -0.4 is 10.5 Å². The van der Waals surface area contributed by atoms with Crippen molar-refractivity contribution in [3.05, 3.63) is 27.7 Å². The van der Waals surface area contributed by atoms with Gasteiger partial charge in [0.05, 0.1) is 6.61 Å². The van der Waals surface area contributed by atoms with E-state index in [-0.39, 0.29) is 6.10 Å². The summed E-state index contributed by atoms with van der Waals surface area (Å²) in [7, 11) is 2.11. The number of morpholine rings is 1. The Morgan fingerprint density at radius 1 is 1.50 bits per heavy atom. The van der Waals surface area contributed by atoms with Crippen LogP contribution in [0.15, 0.2) is 16.6 Å². The second-order valence-corrected chi connectivity index (χ2v) is 6.23. The average molecular weight is 343 g/mol. The third-order valence-corrected chi connectivity index (χ3v) is 3.94. The molecule has 1 aliphatic heterocycles. The lowest BCUT2D eigenvalue weighted by atomic mass is 10.1. The van der Waals surface area contributed by atoms with E-state index in [0.29, 0.717) is 13.2 Å². The van der Waals surface area contributed by atoms with Crippen LogP contribution in [0.25, 0.3) is 0 Å². The van der Waals surface area contributed by atoms with Crippen LogP contribution in [0.3, 0.4) is 0 Å². The van der Waals surface area contributed by atoms with E-state index in [2.05, 4.69) is 46.9 Å². The van der Waals surface area contributed by atoms with Gasteiger partial charge in [-0.05, 0) is 50.2 Å². The number of hydrogen-bond donors (Lipinski definition) is 1. The number of nitrogens with two attached hydrogens (primary N) is 1. The topological polar surface area (TPSA) is 47.7 Å². The molecule has 4 nitrogen and oxygen atoms in total. The second kappa shape index (κ2) is 7.41. The molecule has 0 saturated carbocycles. The van der Waals surface area contributed by atoms with Crippen LogP contribution in [0, 0.1) is 6.92 Å². The quantitative estimate of drug-likeness (QED) is 0.888. The van der Waals surface area contributed by atoms with Gasteiger partial charge in [-0.2, -0.15) is 0 Å². The van der Waals surface area contributed by atoms with Crippen LogP contribution in [-0.2, 0) is 11.2 Å². The fourth-order valence-corrected chi connectivity index (χ4v) is 3.11. The molecule has 0 spiro atoms. The van der Waals surface area contributed by atoms with Crippen molar-refractivity contribution in [1.29, 1.82) is 0 Å². The van der Waals surface area contributed by atoms with Crippen LogP contribution in [0.1, 0.15) is 11.1 Å². The molecule has 1 aromatic rings. The fourth-order valence-electron chi connectivity index (χ4n) is 2.49. The van der Waals surface area contributed by atoms with Gasteiger partial charge in [-0.25, -0.2) is 0 Å². The molecule has 1 fully saturated rings. The predicted octanol–water partition coefficient (Wildman–Crippen LogP) is 1.97. The Balaban J connectivity index is 2.04. The lowest BCUT2D eigenvalue weighted by molar-refractivity contribution is -0.0405. The number of likely N-dealkylation sites (N-methyl/N-ethyl adjacent to an activating group) is 1. The zero-order chi connectivity index (χ0) is 14.5. The molecule has 0 aliphatic carbocycles. The second-order valence-electron chi connectivity index (χ2n) is 5.32. The van der Waals surface area contributed by atoms with Crippen LogP contribution in [-0.4, -0.2) is 50.9 Å². The van der Waals surface area contributed by atoms with Crippen molar-refractivity contribution in [3.8, 4) is 5.75 Å². The van der Waals surface area contributed by atoms with Gasteiger partial charge in [-0.1, -0.05) is 15.9 Å². The summed E-state index contributed by atoms with van der Waals surface area (Å²) in [5.74, 6) is 0.954. The predicted molar refractivity (Wildman–Crippen MR) is 84.4 cm³/mol. The molecule has 0 radical (unpaired) electrons. The first kappa shape index (κ1) is 15.8. The van der Waals surface area contributed by atoms with Crippen molar-refractivity contribution in [1.82, 2.24) is 4.90 Å². The molecule has 112 valence electrons. The van der Waals surface area contributed by atoms with Crippen LogP contribution in [0.4, 0.5) is 0 Å². The first-order valence-electron chi connectivity index (χ1n) is 7.02. The van der Waals surface area contributed by atoms with Gasteiger partial charge in [0.15, 0.2) is 0 Å².